The van der Waals surface area contributed by atoms with Crippen LogP contribution in [-0.2, 0) is 0 Å². The van der Waals surface area contributed by atoms with Gasteiger partial charge in [0.05, 0.1) is 11.2 Å². The van der Waals surface area contributed by atoms with Crippen LogP contribution in [0.15, 0.2) is 91.0 Å². The lowest BCUT2D eigenvalue weighted by Gasteiger charge is -2.14. The van der Waals surface area contributed by atoms with E-state index in [4.69, 9.17) is 4.98 Å². The molecule has 0 atom stereocenters. The van der Waals surface area contributed by atoms with Crippen LogP contribution in [0.25, 0.3) is 55.5 Å². The van der Waals surface area contributed by atoms with Crippen LogP contribution in [0.4, 0.5) is 0 Å². The lowest BCUT2D eigenvalue weighted by molar-refractivity contribution is 1.33. The molecule has 1 aliphatic rings. The predicted molar refractivity (Wildman–Crippen MR) is 127 cm³/mol. The van der Waals surface area contributed by atoms with Crippen molar-refractivity contribution in [1.29, 1.82) is 0 Å². The van der Waals surface area contributed by atoms with Gasteiger partial charge in [-0.1, -0.05) is 78.9 Å². The quantitative estimate of drug-likeness (QED) is 0.297. The zero-order valence-electron chi connectivity index (χ0n) is 17.1. The minimum Gasteiger partial charge on any atom is -0.247 e. The summed E-state index contributed by atoms with van der Waals surface area (Å²) >= 11 is 0. The largest absolute Gasteiger partial charge is 0.247 e. The fraction of sp³-hybridized carbons (Fsp3) is 0.0690. The highest BCUT2D eigenvalue weighted by Crippen LogP contribution is 2.51. The van der Waals surface area contributed by atoms with Crippen molar-refractivity contribution in [3.8, 4) is 44.6 Å². The summed E-state index contributed by atoms with van der Waals surface area (Å²) in [6.07, 6.45) is 0. The minimum absolute atomic E-state index is 1.07. The molecule has 0 amide bonds. The summed E-state index contributed by atoms with van der Waals surface area (Å²) in [5.41, 5.74) is 13.7. The Morgan fingerprint density at radius 3 is 2.03 bits per heavy atom. The van der Waals surface area contributed by atoms with Gasteiger partial charge in [-0.25, -0.2) is 4.98 Å². The second-order valence-corrected chi connectivity index (χ2v) is 8.10. The molecule has 0 spiro atoms. The van der Waals surface area contributed by atoms with E-state index in [1.807, 2.05) is 0 Å². The summed E-state index contributed by atoms with van der Waals surface area (Å²) in [6, 6.07) is 32.4. The first-order valence-electron chi connectivity index (χ1n) is 10.4. The van der Waals surface area contributed by atoms with Gasteiger partial charge in [-0.15, -0.1) is 0 Å². The molecule has 0 N–H and O–H groups in total. The van der Waals surface area contributed by atoms with E-state index in [0.29, 0.717) is 0 Å². The number of benzene rings is 4. The van der Waals surface area contributed by atoms with Crippen LogP contribution in [0, 0.1) is 13.8 Å². The maximum Gasteiger partial charge on any atom is 0.0745 e. The molecule has 1 nitrogen and oxygen atoms in total. The van der Waals surface area contributed by atoms with Crippen molar-refractivity contribution in [3.05, 3.63) is 102 Å². The fourth-order valence-corrected chi connectivity index (χ4v) is 4.91. The fourth-order valence-electron chi connectivity index (χ4n) is 4.91. The Balaban J connectivity index is 1.64. The molecule has 30 heavy (non-hydrogen) atoms. The molecule has 1 aliphatic carbocycles. The maximum atomic E-state index is 5.17. The Kier molecular flexibility index (Phi) is 3.66. The minimum atomic E-state index is 1.07. The molecule has 1 aromatic heterocycles. The zero-order chi connectivity index (χ0) is 20.2. The molecule has 0 bridgehead atoms. The van der Waals surface area contributed by atoms with Gasteiger partial charge in [0, 0.05) is 10.9 Å². The Hall–Kier alpha value is -3.71. The van der Waals surface area contributed by atoms with E-state index in [1.54, 1.807) is 0 Å². The van der Waals surface area contributed by atoms with E-state index in [1.165, 1.54) is 55.5 Å². The first-order valence-corrected chi connectivity index (χ1v) is 10.4. The lowest BCUT2D eigenvalue weighted by atomic mass is 9.94. The summed E-state index contributed by atoms with van der Waals surface area (Å²) in [5.74, 6) is 0. The molecule has 1 heteroatoms. The van der Waals surface area contributed by atoms with E-state index < -0.39 is 0 Å². The molecule has 5 aromatic rings. The smallest absolute Gasteiger partial charge is 0.0745 e. The van der Waals surface area contributed by atoms with Crippen LogP contribution >= 0.6 is 0 Å². The normalized spacial score (nSPS) is 11.7. The zero-order valence-corrected chi connectivity index (χ0v) is 17.1. The van der Waals surface area contributed by atoms with Crippen LogP contribution in [0.3, 0.4) is 0 Å². The van der Waals surface area contributed by atoms with Crippen molar-refractivity contribution in [2.24, 2.45) is 0 Å². The highest BCUT2D eigenvalue weighted by Gasteiger charge is 2.26. The Bertz CT molecular complexity index is 1440. The van der Waals surface area contributed by atoms with Crippen LogP contribution in [0.5, 0.6) is 0 Å². The summed E-state index contributed by atoms with van der Waals surface area (Å²) in [7, 11) is 0. The number of hydrogen-bond donors (Lipinski definition) is 0. The third-order valence-electron chi connectivity index (χ3n) is 6.31. The van der Waals surface area contributed by atoms with Crippen LogP contribution in [-0.4, -0.2) is 4.98 Å². The summed E-state index contributed by atoms with van der Waals surface area (Å²) < 4.78 is 0. The topological polar surface area (TPSA) is 12.9 Å². The summed E-state index contributed by atoms with van der Waals surface area (Å²) in [5, 5.41) is 1.30. The van der Waals surface area contributed by atoms with Gasteiger partial charge in [0.15, 0.2) is 0 Å². The Morgan fingerprint density at radius 1 is 0.567 bits per heavy atom. The van der Waals surface area contributed by atoms with Gasteiger partial charge in [-0.05, 0) is 70.5 Å². The number of nitrogens with zero attached hydrogens (tertiary/aromatic N) is 1. The number of fused-ring (bicyclic) bond motifs is 3. The molecule has 1 heterocycles. The molecule has 142 valence electrons. The average Bonchev–Trinajstić information content (AvgIpc) is 3.16. The Labute approximate surface area is 176 Å². The highest BCUT2D eigenvalue weighted by atomic mass is 14.7. The summed E-state index contributed by atoms with van der Waals surface area (Å²) in [4.78, 5) is 5.17. The van der Waals surface area contributed by atoms with Gasteiger partial charge < -0.3 is 0 Å². The van der Waals surface area contributed by atoms with Crippen LogP contribution < -0.4 is 0 Å². The van der Waals surface area contributed by atoms with Gasteiger partial charge in [0.1, 0.15) is 0 Å². The van der Waals surface area contributed by atoms with E-state index in [0.717, 1.165) is 11.2 Å². The van der Waals surface area contributed by atoms with E-state index in [2.05, 4.69) is 105 Å². The number of pyridine rings is 1. The first-order chi connectivity index (χ1) is 14.7. The third-order valence-corrected chi connectivity index (χ3v) is 6.31. The molecule has 0 unspecified atom stereocenters. The first kappa shape index (κ1) is 17.2. The number of aromatic nitrogens is 1. The molecule has 4 aromatic carbocycles. The number of aryl methyl sites for hydroxylation is 1. The third kappa shape index (κ3) is 2.39. The van der Waals surface area contributed by atoms with Crippen LogP contribution in [0.1, 0.15) is 11.1 Å². The second kappa shape index (κ2) is 6.40. The van der Waals surface area contributed by atoms with Crippen molar-refractivity contribution < 1.29 is 0 Å². The van der Waals surface area contributed by atoms with Crippen molar-refractivity contribution in [3.63, 3.8) is 0 Å². The second-order valence-electron chi connectivity index (χ2n) is 8.10. The molecule has 6 rings (SSSR count). The molecule has 0 saturated carbocycles. The summed E-state index contributed by atoms with van der Waals surface area (Å²) in [6.45, 7) is 4.42. The van der Waals surface area contributed by atoms with E-state index in [9.17, 15) is 0 Å². The van der Waals surface area contributed by atoms with Crippen LogP contribution in [0.2, 0.25) is 0 Å². The van der Waals surface area contributed by atoms with Crippen molar-refractivity contribution in [1.82, 2.24) is 4.98 Å². The number of hydrogen-bond acceptors (Lipinski definition) is 1. The highest BCUT2D eigenvalue weighted by molar-refractivity contribution is 6.17. The molecule has 0 saturated heterocycles. The van der Waals surface area contributed by atoms with Gasteiger partial charge in [0.2, 0.25) is 0 Å². The van der Waals surface area contributed by atoms with Crippen molar-refractivity contribution in [2.45, 2.75) is 13.8 Å². The standard InChI is InChI=1S/C29H21N/c1-18-15-16-25-28-26(18)23-13-6-7-14-24(23)27(28)19(2)29(30-25)22-12-8-11-21(17-22)20-9-4-3-5-10-20/h3-17H,1-2H3. The van der Waals surface area contributed by atoms with Gasteiger partial charge in [0.25, 0.3) is 0 Å². The monoisotopic (exact) mass is 383 g/mol. The molecule has 0 aliphatic heterocycles. The predicted octanol–water partition coefficient (Wildman–Crippen LogP) is 7.83. The Morgan fingerprint density at radius 2 is 1.23 bits per heavy atom. The number of rotatable bonds is 2. The SMILES string of the molecule is Cc1ccc2nc(-c3cccc(-c4ccccc4)c3)c(C)c3c2c1-c1ccccc1-3. The maximum absolute atomic E-state index is 5.17. The van der Waals surface area contributed by atoms with Crippen molar-refractivity contribution >= 4 is 10.9 Å². The average molecular weight is 383 g/mol. The van der Waals surface area contributed by atoms with E-state index in [-0.39, 0.29) is 0 Å². The van der Waals surface area contributed by atoms with Gasteiger partial charge in [-0.2, -0.15) is 0 Å². The van der Waals surface area contributed by atoms with E-state index >= 15 is 0 Å². The molecule has 0 fully saturated rings. The molecular weight excluding hydrogens is 362 g/mol. The van der Waals surface area contributed by atoms with Gasteiger partial charge >= 0.3 is 0 Å². The molecular formula is C29H21N. The van der Waals surface area contributed by atoms with Crippen molar-refractivity contribution in [2.75, 3.05) is 0 Å². The molecule has 0 radical (unpaired) electrons. The lowest BCUT2D eigenvalue weighted by Crippen LogP contribution is -1.94. The van der Waals surface area contributed by atoms with Gasteiger partial charge in [-0.3, -0.25) is 0 Å².